The van der Waals surface area contributed by atoms with Crippen LogP contribution in [-0.4, -0.2) is 29.9 Å². The van der Waals surface area contributed by atoms with Gasteiger partial charge in [-0.25, -0.2) is 0 Å². The maximum Gasteiger partial charge on any atom is 0.254 e. The number of furan rings is 1. The molecule has 1 saturated heterocycles. The van der Waals surface area contributed by atoms with Crippen LogP contribution in [0.3, 0.4) is 0 Å². The van der Waals surface area contributed by atoms with Crippen molar-refractivity contribution in [2.45, 2.75) is 32.4 Å². The molecule has 0 radical (unpaired) electrons. The van der Waals surface area contributed by atoms with Gasteiger partial charge >= 0.3 is 0 Å². The highest BCUT2D eigenvalue weighted by molar-refractivity contribution is 5.93. The van der Waals surface area contributed by atoms with Gasteiger partial charge in [-0.2, -0.15) is 0 Å². The van der Waals surface area contributed by atoms with Gasteiger partial charge in [-0.3, -0.25) is 9.69 Å². The monoisotopic (exact) mass is 298 g/mol. The number of hydrogen-bond acceptors (Lipinski definition) is 3. The minimum Gasteiger partial charge on any atom is -0.472 e. The van der Waals surface area contributed by atoms with Crippen molar-refractivity contribution in [3.63, 3.8) is 0 Å². The minimum atomic E-state index is -0.0360. The van der Waals surface area contributed by atoms with Crippen LogP contribution in [0, 0.1) is 6.92 Å². The lowest BCUT2D eigenvalue weighted by molar-refractivity contribution is 0.0908. The van der Waals surface area contributed by atoms with Crippen LogP contribution in [0.15, 0.2) is 47.3 Å². The lowest BCUT2D eigenvalue weighted by Crippen LogP contribution is -2.44. The third kappa shape index (κ3) is 3.57. The highest BCUT2D eigenvalue weighted by Gasteiger charge is 2.21. The maximum absolute atomic E-state index is 12.0. The molecule has 3 rings (SSSR count). The summed E-state index contributed by atoms with van der Waals surface area (Å²) >= 11 is 0. The Morgan fingerprint density at radius 1 is 1.27 bits per heavy atom. The van der Waals surface area contributed by atoms with E-state index in [2.05, 4.69) is 41.4 Å². The number of rotatable bonds is 4. The van der Waals surface area contributed by atoms with Crippen LogP contribution in [0.4, 0.5) is 0 Å². The van der Waals surface area contributed by atoms with Crippen LogP contribution < -0.4 is 5.32 Å². The molecule has 1 aromatic heterocycles. The van der Waals surface area contributed by atoms with E-state index in [1.165, 1.54) is 23.7 Å². The van der Waals surface area contributed by atoms with Gasteiger partial charge in [0.15, 0.2) is 0 Å². The number of carbonyl (C=O) groups is 1. The van der Waals surface area contributed by atoms with Gasteiger partial charge in [0, 0.05) is 25.7 Å². The number of benzene rings is 1. The number of nitrogens with zero attached hydrogens (tertiary/aromatic N) is 1. The second-order valence-electron chi connectivity index (χ2n) is 5.96. The summed E-state index contributed by atoms with van der Waals surface area (Å²) in [6.07, 6.45) is 5.01. The van der Waals surface area contributed by atoms with E-state index in [4.69, 9.17) is 4.42 Å². The van der Waals surface area contributed by atoms with E-state index in [1.54, 1.807) is 6.07 Å². The lowest BCUT2D eigenvalue weighted by atomic mass is 10.0. The molecule has 0 aliphatic carbocycles. The number of carbonyl (C=O) groups excluding carboxylic acids is 1. The Bertz CT molecular complexity index is 614. The summed E-state index contributed by atoms with van der Waals surface area (Å²) in [5, 5.41) is 3.09. The number of amides is 1. The highest BCUT2D eigenvalue weighted by Crippen LogP contribution is 2.16. The van der Waals surface area contributed by atoms with Crippen LogP contribution in [0.25, 0.3) is 0 Å². The van der Waals surface area contributed by atoms with Gasteiger partial charge in [0.25, 0.3) is 5.91 Å². The van der Waals surface area contributed by atoms with Crippen LogP contribution in [0.1, 0.15) is 34.3 Å². The fraction of sp³-hybridized carbons (Fsp3) is 0.389. The van der Waals surface area contributed by atoms with Crippen LogP contribution in [0.5, 0.6) is 0 Å². The molecule has 116 valence electrons. The van der Waals surface area contributed by atoms with Crippen LogP contribution >= 0.6 is 0 Å². The average Bonchev–Trinajstić information content (AvgIpc) is 3.06. The Hall–Kier alpha value is -2.07. The Balaban J connectivity index is 1.48. The Morgan fingerprint density at radius 2 is 2.05 bits per heavy atom. The first-order valence-corrected chi connectivity index (χ1v) is 7.82. The third-order valence-corrected chi connectivity index (χ3v) is 4.36. The third-order valence-electron chi connectivity index (χ3n) is 4.36. The normalized spacial score (nSPS) is 16.6. The van der Waals surface area contributed by atoms with Crippen LogP contribution in [-0.2, 0) is 6.54 Å². The largest absolute Gasteiger partial charge is 0.472 e. The number of aryl methyl sites for hydroxylation is 1. The van der Waals surface area contributed by atoms with Crippen molar-refractivity contribution >= 4 is 5.91 Å². The summed E-state index contributed by atoms with van der Waals surface area (Å²) in [7, 11) is 0. The van der Waals surface area contributed by atoms with Crippen molar-refractivity contribution < 1.29 is 9.21 Å². The molecule has 0 saturated carbocycles. The maximum atomic E-state index is 12.0. The fourth-order valence-corrected chi connectivity index (χ4v) is 2.93. The van der Waals surface area contributed by atoms with Gasteiger partial charge in [-0.1, -0.05) is 24.3 Å². The van der Waals surface area contributed by atoms with Crippen molar-refractivity contribution in [1.82, 2.24) is 10.2 Å². The molecule has 0 unspecified atom stereocenters. The number of hydrogen-bond donors (Lipinski definition) is 1. The average molecular weight is 298 g/mol. The molecule has 0 bridgehead atoms. The summed E-state index contributed by atoms with van der Waals surface area (Å²) in [4.78, 5) is 14.5. The number of nitrogens with one attached hydrogen (secondary N) is 1. The molecule has 1 aromatic carbocycles. The second-order valence-corrected chi connectivity index (χ2v) is 5.96. The first kappa shape index (κ1) is 14.9. The second kappa shape index (κ2) is 6.79. The van der Waals surface area contributed by atoms with Gasteiger partial charge in [0.05, 0.1) is 11.8 Å². The van der Waals surface area contributed by atoms with Gasteiger partial charge in [0.2, 0.25) is 0 Å². The summed E-state index contributed by atoms with van der Waals surface area (Å²) in [6, 6.07) is 10.5. The van der Waals surface area contributed by atoms with Crippen LogP contribution in [0.2, 0.25) is 0 Å². The highest BCUT2D eigenvalue weighted by atomic mass is 16.3. The smallest absolute Gasteiger partial charge is 0.254 e. The van der Waals surface area contributed by atoms with E-state index >= 15 is 0 Å². The molecule has 0 spiro atoms. The summed E-state index contributed by atoms with van der Waals surface area (Å²) in [6.45, 7) is 5.19. The molecule has 2 aromatic rings. The zero-order valence-corrected chi connectivity index (χ0v) is 12.9. The Morgan fingerprint density at radius 3 is 2.73 bits per heavy atom. The molecule has 0 atom stereocenters. The summed E-state index contributed by atoms with van der Waals surface area (Å²) in [5.41, 5.74) is 3.34. The van der Waals surface area contributed by atoms with E-state index in [9.17, 15) is 4.79 Å². The molecular weight excluding hydrogens is 276 g/mol. The van der Waals surface area contributed by atoms with E-state index < -0.39 is 0 Å². The summed E-state index contributed by atoms with van der Waals surface area (Å²) < 4.78 is 4.95. The Kier molecular flexibility index (Phi) is 4.59. The van der Waals surface area contributed by atoms with Gasteiger partial charge in [-0.15, -0.1) is 0 Å². The van der Waals surface area contributed by atoms with Crippen molar-refractivity contribution in [2.75, 3.05) is 13.1 Å². The SMILES string of the molecule is Cc1ccccc1CN1CCC(NC(=O)c2ccoc2)CC1. The van der Waals surface area contributed by atoms with Crippen molar-refractivity contribution in [3.8, 4) is 0 Å². The molecule has 4 nitrogen and oxygen atoms in total. The number of likely N-dealkylation sites (tertiary alicyclic amines) is 1. The number of piperidine rings is 1. The molecule has 1 fully saturated rings. The molecule has 1 N–H and O–H groups in total. The van der Waals surface area contributed by atoms with Gasteiger partial charge in [-0.05, 0) is 37.0 Å². The topological polar surface area (TPSA) is 45.5 Å². The standard InChI is InChI=1S/C18H22N2O2/c1-14-4-2-3-5-15(14)12-20-9-6-17(7-10-20)19-18(21)16-8-11-22-13-16/h2-5,8,11,13,17H,6-7,9-10,12H2,1H3,(H,19,21). The van der Waals surface area contributed by atoms with E-state index in [0.717, 1.165) is 32.5 Å². The first-order chi connectivity index (χ1) is 10.7. The fourth-order valence-electron chi connectivity index (χ4n) is 2.93. The van der Waals surface area contributed by atoms with Crippen molar-refractivity contribution in [1.29, 1.82) is 0 Å². The quantitative estimate of drug-likeness (QED) is 0.944. The van der Waals surface area contributed by atoms with Gasteiger partial charge in [0.1, 0.15) is 6.26 Å². The van der Waals surface area contributed by atoms with E-state index in [0.29, 0.717) is 5.56 Å². The predicted octanol–water partition coefficient (Wildman–Crippen LogP) is 2.98. The van der Waals surface area contributed by atoms with Crippen molar-refractivity contribution in [2.24, 2.45) is 0 Å². The first-order valence-electron chi connectivity index (χ1n) is 7.82. The molecular formula is C18H22N2O2. The van der Waals surface area contributed by atoms with E-state index in [1.807, 2.05) is 0 Å². The molecule has 1 amide bonds. The zero-order chi connectivity index (χ0) is 15.4. The molecule has 2 heterocycles. The minimum absolute atomic E-state index is 0.0360. The molecule has 1 aliphatic rings. The molecule has 22 heavy (non-hydrogen) atoms. The Labute approximate surface area is 131 Å². The zero-order valence-electron chi connectivity index (χ0n) is 12.9. The summed E-state index contributed by atoms with van der Waals surface area (Å²) in [5.74, 6) is -0.0360. The van der Waals surface area contributed by atoms with E-state index in [-0.39, 0.29) is 11.9 Å². The van der Waals surface area contributed by atoms with Crippen molar-refractivity contribution in [3.05, 3.63) is 59.5 Å². The predicted molar refractivity (Wildman–Crippen MR) is 85.7 cm³/mol. The van der Waals surface area contributed by atoms with Gasteiger partial charge < -0.3 is 9.73 Å². The lowest BCUT2D eigenvalue weighted by Gasteiger charge is -2.32. The molecule has 1 aliphatic heterocycles. The molecule has 4 heteroatoms.